The summed E-state index contributed by atoms with van der Waals surface area (Å²) in [7, 11) is 2.11. The van der Waals surface area contributed by atoms with Crippen LogP contribution in [0.1, 0.15) is 29.6 Å². The summed E-state index contributed by atoms with van der Waals surface area (Å²) in [5, 5.41) is 0. The minimum Gasteiger partial charge on any atom is -0.486 e. The lowest BCUT2D eigenvalue weighted by molar-refractivity contribution is -0.00371. The first-order valence-corrected chi connectivity index (χ1v) is 7.08. The number of halogens is 1. The average Bonchev–Trinajstić information content (AvgIpc) is 2.33. The van der Waals surface area contributed by atoms with E-state index in [-0.39, 0.29) is 11.4 Å². The van der Waals surface area contributed by atoms with Gasteiger partial charge in [0.05, 0.1) is 12.0 Å². The van der Waals surface area contributed by atoms with Gasteiger partial charge in [-0.25, -0.2) is 0 Å². The van der Waals surface area contributed by atoms with E-state index in [0.29, 0.717) is 6.42 Å². The van der Waals surface area contributed by atoms with Crippen molar-refractivity contribution in [2.75, 3.05) is 20.1 Å². The van der Waals surface area contributed by atoms with E-state index in [2.05, 4.69) is 27.9 Å². The van der Waals surface area contributed by atoms with Crippen molar-refractivity contribution in [2.45, 2.75) is 24.9 Å². The molecule has 1 saturated heterocycles. The van der Waals surface area contributed by atoms with Crippen molar-refractivity contribution in [3.63, 3.8) is 0 Å². The molecule has 3 nitrogen and oxygen atoms in total. The van der Waals surface area contributed by atoms with Gasteiger partial charge in [-0.3, -0.25) is 4.79 Å². The number of Topliss-reactive ketones (excluding diaryl/α,β-unsaturated/α-hetero) is 1. The number of hydrogen-bond donors (Lipinski definition) is 0. The van der Waals surface area contributed by atoms with Crippen LogP contribution in [0.4, 0.5) is 0 Å². The normalized spacial score (nSPS) is 22.7. The Morgan fingerprint density at radius 1 is 1.33 bits per heavy atom. The molecule has 1 fully saturated rings. The molecule has 0 aromatic heterocycles. The number of likely N-dealkylation sites (tertiary alicyclic amines) is 1. The maximum Gasteiger partial charge on any atom is 0.170 e. The molecule has 0 aliphatic carbocycles. The number of benzene rings is 1. The van der Waals surface area contributed by atoms with E-state index in [4.69, 9.17) is 4.74 Å². The largest absolute Gasteiger partial charge is 0.486 e. The van der Waals surface area contributed by atoms with Gasteiger partial charge in [0.2, 0.25) is 0 Å². The summed E-state index contributed by atoms with van der Waals surface area (Å²) in [6, 6.07) is 5.66. The monoisotopic (exact) mass is 309 g/mol. The third-order valence-corrected chi connectivity index (χ3v) is 4.44. The summed E-state index contributed by atoms with van der Waals surface area (Å²) >= 11 is 3.43. The highest BCUT2D eigenvalue weighted by Crippen LogP contribution is 2.40. The van der Waals surface area contributed by atoms with Gasteiger partial charge in [-0.1, -0.05) is 15.9 Å². The van der Waals surface area contributed by atoms with Gasteiger partial charge in [-0.15, -0.1) is 0 Å². The van der Waals surface area contributed by atoms with Crippen LogP contribution in [0.25, 0.3) is 0 Å². The molecular formula is C14H16BrNO2. The molecule has 0 saturated carbocycles. The fraction of sp³-hybridized carbons (Fsp3) is 0.500. The zero-order valence-corrected chi connectivity index (χ0v) is 12.0. The second-order valence-electron chi connectivity index (χ2n) is 5.33. The van der Waals surface area contributed by atoms with Crippen LogP contribution in [-0.4, -0.2) is 36.4 Å². The Bertz CT molecular complexity index is 493. The molecule has 0 atom stereocenters. The van der Waals surface area contributed by atoms with Crippen molar-refractivity contribution in [1.29, 1.82) is 0 Å². The van der Waals surface area contributed by atoms with Gasteiger partial charge >= 0.3 is 0 Å². The van der Waals surface area contributed by atoms with Crippen LogP contribution in [0, 0.1) is 0 Å². The van der Waals surface area contributed by atoms with Crippen molar-refractivity contribution >= 4 is 21.7 Å². The number of carbonyl (C=O) groups excluding carboxylic acids is 1. The maximum atomic E-state index is 12.2. The number of nitrogens with zero attached hydrogens (tertiary/aromatic N) is 1. The predicted molar refractivity (Wildman–Crippen MR) is 73.2 cm³/mol. The Kier molecular flexibility index (Phi) is 2.94. The standard InChI is InChI=1S/C14H16BrNO2/c1-16-6-4-14(5-7-16)9-12(17)11-3-2-10(15)8-13(11)18-14/h2-3,8H,4-7,9H2,1H3. The Hall–Kier alpha value is -0.870. The highest BCUT2D eigenvalue weighted by atomic mass is 79.9. The Morgan fingerprint density at radius 2 is 2.06 bits per heavy atom. The van der Waals surface area contributed by atoms with Crippen LogP contribution in [0.15, 0.2) is 22.7 Å². The first kappa shape index (κ1) is 12.2. The summed E-state index contributed by atoms with van der Waals surface area (Å²) in [4.78, 5) is 14.5. The lowest BCUT2D eigenvalue weighted by atomic mass is 9.82. The molecule has 0 radical (unpaired) electrons. The zero-order chi connectivity index (χ0) is 12.8. The fourth-order valence-corrected chi connectivity index (χ4v) is 3.11. The molecule has 2 aliphatic heterocycles. The van der Waals surface area contributed by atoms with Gasteiger partial charge in [-0.05, 0) is 25.2 Å². The Labute approximate surface area is 115 Å². The molecule has 1 aromatic carbocycles. The minimum absolute atomic E-state index is 0.216. The van der Waals surface area contributed by atoms with Crippen molar-refractivity contribution < 1.29 is 9.53 Å². The van der Waals surface area contributed by atoms with E-state index in [9.17, 15) is 4.79 Å². The number of rotatable bonds is 0. The topological polar surface area (TPSA) is 29.5 Å². The fourth-order valence-electron chi connectivity index (χ4n) is 2.77. The molecule has 0 unspecified atom stereocenters. The molecule has 0 bridgehead atoms. The maximum absolute atomic E-state index is 12.2. The van der Waals surface area contributed by atoms with E-state index in [1.54, 1.807) is 0 Å². The van der Waals surface area contributed by atoms with E-state index in [1.807, 2.05) is 18.2 Å². The first-order chi connectivity index (χ1) is 8.58. The lowest BCUT2D eigenvalue weighted by Crippen LogP contribution is -2.50. The molecule has 4 heteroatoms. The second-order valence-corrected chi connectivity index (χ2v) is 6.24. The highest BCUT2D eigenvalue weighted by molar-refractivity contribution is 9.10. The molecule has 0 amide bonds. The van der Waals surface area contributed by atoms with Gasteiger partial charge in [0.1, 0.15) is 11.4 Å². The number of ether oxygens (including phenoxy) is 1. The SMILES string of the molecule is CN1CCC2(CC1)CC(=O)c1ccc(Br)cc1O2. The highest BCUT2D eigenvalue weighted by Gasteiger charge is 2.42. The zero-order valence-electron chi connectivity index (χ0n) is 10.4. The van der Waals surface area contributed by atoms with Crippen molar-refractivity contribution in [2.24, 2.45) is 0 Å². The van der Waals surface area contributed by atoms with E-state index in [1.165, 1.54) is 0 Å². The van der Waals surface area contributed by atoms with Crippen molar-refractivity contribution in [3.05, 3.63) is 28.2 Å². The number of carbonyl (C=O) groups is 1. The van der Waals surface area contributed by atoms with Crippen LogP contribution in [0.2, 0.25) is 0 Å². The predicted octanol–water partition coefficient (Wildman–Crippen LogP) is 2.88. The molecule has 2 aliphatic rings. The molecule has 2 heterocycles. The molecule has 18 heavy (non-hydrogen) atoms. The molecule has 1 spiro atoms. The first-order valence-electron chi connectivity index (χ1n) is 6.28. The Balaban J connectivity index is 1.93. The Morgan fingerprint density at radius 3 is 2.78 bits per heavy atom. The van der Waals surface area contributed by atoms with E-state index in [0.717, 1.165) is 41.7 Å². The van der Waals surface area contributed by atoms with Crippen LogP contribution in [0.5, 0.6) is 5.75 Å². The molecule has 0 N–H and O–H groups in total. The van der Waals surface area contributed by atoms with Crippen LogP contribution in [-0.2, 0) is 0 Å². The number of ketones is 1. The smallest absolute Gasteiger partial charge is 0.170 e. The second kappa shape index (κ2) is 4.35. The summed E-state index contributed by atoms with van der Waals surface area (Å²) in [5.74, 6) is 0.957. The average molecular weight is 310 g/mol. The van der Waals surface area contributed by atoms with Crippen molar-refractivity contribution in [3.8, 4) is 5.75 Å². The summed E-state index contributed by atoms with van der Waals surface area (Å²) in [6.07, 6.45) is 2.39. The van der Waals surface area contributed by atoms with Crippen LogP contribution >= 0.6 is 15.9 Å². The number of piperidine rings is 1. The van der Waals surface area contributed by atoms with Gasteiger partial charge in [0.15, 0.2) is 5.78 Å². The minimum atomic E-state index is -0.266. The lowest BCUT2D eigenvalue weighted by Gasteiger charge is -2.43. The van der Waals surface area contributed by atoms with Gasteiger partial charge in [-0.2, -0.15) is 0 Å². The van der Waals surface area contributed by atoms with Gasteiger partial charge in [0.25, 0.3) is 0 Å². The summed E-state index contributed by atoms with van der Waals surface area (Å²) < 4.78 is 7.14. The van der Waals surface area contributed by atoms with E-state index >= 15 is 0 Å². The third kappa shape index (κ3) is 2.08. The van der Waals surface area contributed by atoms with Gasteiger partial charge in [0, 0.05) is 30.4 Å². The summed E-state index contributed by atoms with van der Waals surface area (Å²) in [6.45, 7) is 1.99. The summed E-state index contributed by atoms with van der Waals surface area (Å²) in [5.41, 5.74) is 0.458. The van der Waals surface area contributed by atoms with Crippen molar-refractivity contribution in [1.82, 2.24) is 4.90 Å². The number of hydrogen-bond acceptors (Lipinski definition) is 3. The quantitative estimate of drug-likeness (QED) is 0.738. The van der Waals surface area contributed by atoms with E-state index < -0.39 is 0 Å². The molecule has 1 aromatic rings. The van der Waals surface area contributed by atoms with Crippen LogP contribution in [0.3, 0.4) is 0 Å². The van der Waals surface area contributed by atoms with Crippen LogP contribution < -0.4 is 4.74 Å². The van der Waals surface area contributed by atoms with Gasteiger partial charge < -0.3 is 9.64 Å². The molecule has 3 rings (SSSR count). The number of fused-ring (bicyclic) bond motifs is 1. The molecular weight excluding hydrogens is 294 g/mol. The molecule has 96 valence electrons. The third-order valence-electron chi connectivity index (χ3n) is 3.95.